The van der Waals surface area contributed by atoms with Crippen LogP contribution < -0.4 is 10.5 Å². The van der Waals surface area contributed by atoms with E-state index in [1.165, 1.54) is 6.07 Å². The van der Waals surface area contributed by atoms with Gasteiger partial charge in [0.05, 0.1) is 9.83 Å². The average molecular weight is 356 g/mol. The lowest BCUT2D eigenvalue weighted by molar-refractivity contribution is 0.315. The lowest BCUT2D eigenvalue weighted by Crippen LogP contribution is -2.44. The highest BCUT2D eigenvalue weighted by atomic mass is 79.9. The molecule has 1 aromatic heterocycles. The molecule has 4 N–H and O–H groups in total. The second kappa shape index (κ2) is 6.50. The van der Waals surface area contributed by atoms with Crippen molar-refractivity contribution in [2.75, 3.05) is 0 Å². The molecule has 0 saturated heterocycles. The van der Waals surface area contributed by atoms with E-state index < -0.39 is 16.1 Å². The number of hydrogen-bond donors (Lipinski definition) is 3. The topological polar surface area (TPSA) is 105 Å². The molecule has 0 aliphatic heterocycles. The number of amidine groups is 1. The van der Waals surface area contributed by atoms with Crippen LogP contribution in [0.15, 0.2) is 25.3 Å². The van der Waals surface area contributed by atoms with Gasteiger partial charge in [-0.1, -0.05) is 18.5 Å². The number of oxime groups is 1. The lowest BCUT2D eigenvalue weighted by atomic mass is 10.2. The third-order valence-corrected chi connectivity index (χ3v) is 5.75. The molecule has 0 aromatic carbocycles. The fourth-order valence-electron chi connectivity index (χ4n) is 1.31. The van der Waals surface area contributed by atoms with E-state index in [-0.39, 0.29) is 10.0 Å². The Morgan fingerprint density at radius 2 is 2.33 bits per heavy atom. The Balaban J connectivity index is 2.93. The number of halogens is 1. The highest BCUT2D eigenvalue weighted by molar-refractivity contribution is 9.11. The summed E-state index contributed by atoms with van der Waals surface area (Å²) in [7, 11) is -3.65. The highest BCUT2D eigenvalue weighted by Crippen LogP contribution is 2.26. The SMILES string of the molecule is CCCC(NS(=O)(=O)c1ccc(Br)s1)/C(N)=N/O. The Kier molecular flexibility index (Phi) is 5.57. The molecule has 0 spiro atoms. The molecule has 1 rings (SSSR count). The Hall–Kier alpha value is -0.640. The molecule has 0 radical (unpaired) electrons. The first-order valence-electron chi connectivity index (χ1n) is 5.15. The maximum Gasteiger partial charge on any atom is 0.250 e. The summed E-state index contributed by atoms with van der Waals surface area (Å²) < 4.78 is 27.4. The summed E-state index contributed by atoms with van der Waals surface area (Å²) in [5, 5.41) is 11.5. The maximum absolute atomic E-state index is 12.0. The number of hydrogen-bond acceptors (Lipinski definition) is 5. The smallest absolute Gasteiger partial charge is 0.250 e. The van der Waals surface area contributed by atoms with E-state index in [2.05, 4.69) is 25.8 Å². The third-order valence-electron chi connectivity index (χ3n) is 2.16. The van der Waals surface area contributed by atoms with Crippen LogP contribution in [0.2, 0.25) is 0 Å². The van der Waals surface area contributed by atoms with Crippen molar-refractivity contribution in [2.45, 2.75) is 30.0 Å². The van der Waals surface area contributed by atoms with E-state index in [0.717, 1.165) is 15.1 Å². The molecule has 1 atom stereocenters. The normalized spacial score (nSPS) is 14.7. The van der Waals surface area contributed by atoms with Gasteiger partial charge in [-0.25, -0.2) is 8.42 Å². The summed E-state index contributed by atoms with van der Waals surface area (Å²) >= 11 is 4.30. The fourth-order valence-corrected chi connectivity index (χ4v) is 4.58. The molecule has 1 unspecified atom stereocenters. The lowest BCUT2D eigenvalue weighted by Gasteiger charge is -2.15. The molecule has 9 heteroatoms. The van der Waals surface area contributed by atoms with Crippen LogP contribution in [0.1, 0.15) is 19.8 Å². The van der Waals surface area contributed by atoms with Crippen molar-refractivity contribution in [3.05, 3.63) is 15.9 Å². The number of thiophene rings is 1. The van der Waals surface area contributed by atoms with Crippen molar-refractivity contribution < 1.29 is 13.6 Å². The molecule has 0 amide bonds. The predicted octanol–water partition coefficient (Wildman–Crippen LogP) is 1.70. The van der Waals surface area contributed by atoms with Gasteiger partial charge in [-0.05, 0) is 34.5 Å². The molecule has 0 fully saturated rings. The Morgan fingerprint density at radius 1 is 1.67 bits per heavy atom. The van der Waals surface area contributed by atoms with Crippen molar-refractivity contribution in [1.82, 2.24) is 4.72 Å². The van der Waals surface area contributed by atoms with Gasteiger partial charge in [0, 0.05) is 0 Å². The van der Waals surface area contributed by atoms with Crippen molar-refractivity contribution in [3.63, 3.8) is 0 Å². The van der Waals surface area contributed by atoms with Crippen LogP contribution in [-0.4, -0.2) is 25.5 Å². The van der Waals surface area contributed by atoms with E-state index in [1.54, 1.807) is 6.07 Å². The maximum atomic E-state index is 12.0. The summed E-state index contributed by atoms with van der Waals surface area (Å²) in [6.07, 6.45) is 1.17. The molecule has 1 heterocycles. The van der Waals surface area contributed by atoms with Crippen molar-refractivity contribution in [1.29, 1.82) is 0 Å². The van der Waals surface area contributed by atoms with Gasteiger partial charge in [0.2, 0.25) is 0 Å². The number of sulfonamides is 1. The summed E-state index contributed by atoms with van der Waals surface area (Å²) in [6.45, 7) is 1.88. The van der Waals surface area contributed by atoms with Gasteiger partial charge < -0.3 is 10.9 Å². The average Bonchev–Trinajstić information content (AvgIpc) is 2.75. The molecule has 1 aromatic rings. The summed E-state index contributed by atoms with van der Waals surface area (Å²) in [6, 6.07) is 2.44. The van der Waals surface area contributed by atoms with Crippen LogP contribution in [0, 0.1) is 0 Å². The fraction of sp³-hybridized carbons (Fsp3) is 0.444. The number of nitrogens with one attached hydrogen (secondary N) is 1. The number of rotatable bonds is 6. The second-order valence-electron chi connectivity index (χ2n) is 3.55. The van der Waals surface area contributed by atoms with Crippen LogP contribution in [0.3, 0.4) is 0 Å². The molecular formula is C9H14BrN3O3S2. The Bertz CT molecular complexity index is 527. The molecule has 102 valence electrons. The van der Waals surface area contributed by atoms with Gasteiger partial charge in [-0.15, -0.1) is 11.3 Å². The van der Waals surface area contributed by atoms with Crippen LogP contribution in [-0.2, 0) is 10.0 Å². The first kappa shape index (κ1) is 15.4. The van der Waals surface area contributed by atoms with Gasteiger partial charge in [0.15, 0.2) is 5.84 Å². The molecular weight excluding hydrogens is 342 g/mol. The van der Waals surface area contributed by atoms with E-state index in [0.29, 0.717) is 12.8 Å². The molecule has 6 nitrogen and oxygen atoms in total. The van der Waals surface area contributed by atoms with Crippen molar-refractivity contribution in [2.24, 2.45) is 10.9 Å². The Morgan fingerprint density at radius 3 is 2.78 bits per heavy atom. The van der Waals surface area contributed by atoms with Crippen molar-refractivity contribution in [3.8, 4) is 0 Å². The van der Waals surface area contributed by atoms with Crippen LogP contribution >= 0.6 is 27.3 Å². The minimum Gasteiger partial charge on any atom is -0.409 e. The predicted molar refractivity (Wildman–Crippen MR) is 74.4 cm³/mol. The van der Waals surface area contributed by atoms with E-state index in [9.17, 15) is 8.42 Å². The van der Waals surface area contributed by atoms with Gasteiger partial charge in [-0.3, -0.25) is 0 Å². The largest absolute Gasteiger partial charge is 0.409 e. The quantitative estimate of drug-likeness (QED) is 0.312. The molecule has 0 aliphatic rings. The van der Waals surface area contributed by atoms with Crippen LogP contribution in [0.25, 0.3) is 0 Å². The Labute approximate surface area is 118 Å². The second-order valence-corrected chi connectivity index (χ2v) is 7.95. The zero-order valence-corrected chi connectivity index (χ0v) is 12.8. The van der Waals surface area contributed by atoms with E-state index >= 15 is 0 Å². The molecule has 0 saturated carbocycles. The number of nitrogens with two attached hydrogens (primary N) is 1. The van der Waals surface area contributed by atoms with Gasteiger partial charge in [-0.2, -0.15) is 4.72 Å². The highest BCUT2D eigenvalue weighted by Gasteiger charge is 2.23. The number of nitrogens with zero attached hydrogens (tertiary/aromatic N) is 1. The third kappa shape index (κ3) is 3.94. The standard InChI is InChI=1S/C9H14BrN3O3S2/c1-2-3-6(9(11)12-14)13-18(15,16)8-5-4-7(10)17-8/h4-6,13-14H,2-3H2,1H3,(H2,11,12). The zero-order valence-electron chi connectivity index (χ0n) is 9.63. The summed E-state index contributed by atoms with van der Waals surface area (Å²) in [5.41, 5.74) is 5.46. The summed E-state index contributed by atoms with van der Waals surface area (Å²) in [4.78, 5) is 0. The van der Waals surface area contributed by atoms with E-state index in [1.807, 2.05) is 6.92 Å². The van der Waals surface area contributed by atoms with Gasteiger partial charge in [0.1, 0.15) is 4.21 Å². The summed E-state index contributed by atoms with van der Waals surface area (Å²) in [5.74, 6) is -0.143. The monoisotopic (exact) mass is 355 g/mol. The molecule has 18 heavy (non-hydrogen) atoms. The van der Waals surface area contributed by atoms with Crippen LogP contribution in [0.5, 0.6) is 0 Å². The van der Waals surface area contributed by atoms with E-state index in [4.69, 9.17) is 10.9 Å². The first-order chi connectivity index (χ1) is 8.40. The zero-order chi connectivity index (χ0) is 13.8. The van der Waals surface area contributed by atoms with Crippen LogP contribution in [0.4, 0.5) is 0 Å². The minimum absolute atomic E-state index is 0.143. The molecule has 0 aliphatic carbocycles. The minimum atomic E-state index is -3.65. The van der Waals surface area contributed by atoms with Gasteiger partial charge >= 0.3 is 0 Å². The van der Waals surface area contributed by atoms with Gasteiger partial charge in [0.25, 0.3) is 10.0 Å². The molecule has 0 bridgehead atoms. The first-order valence-corrected chi connectivity index (χ1v) is 8.25. The van der Waals surface area contributed by atoms with Crippen molar-refractivity contribution >= 4 is 43.1 Å².